The zero-order valence-electron chi connectivity index (χ0n) is 10.9. The Morgan fingerprint density at radius 2 is 2.06 bits per heavy atom. The first-order chi connectivity index (χ1) is 8.16. The highest BCUT2D eigenvalue weighted by Gasteiger charge is 2.21. The fraction of sp³-hybridized carbons (Fsp3) is 0.818. The van der Waals surface area contributed by atoms with Crippen LogP contribution in [-0.2, 0) is 14.9 Å². The lowest BCUT2D eigenvalue weighted by molar-refractivity contribution is -0.893. The number of nitrogens with zero attached hydrogens (tertiary/aromatic N) is 1. The van der Waals surface area contributed by atoms with E-state index in [-0.39, 0.29) is 19.0 Å². The fourth-order valence-corrected chi connectivity index (χ4v) is 2.14. The first-order valence-electron chi connectivity index (χ1n) is 5.63. The molecule has 0 rings (SSSR count). The summed E-state index contributed by atoms with van der Waals surface area (Å²) in [5.41, 5.74) is 0. The van der Waals surface area contributed by atoms with Gasteiger partial charge in [-0.2, -0.15) is 8.42 Å². The molecule has 6 nitrogen and oxygen atoms in total. The van der Waals surface area contributed by atoms with Crippen molar-refractivity contribution in [2.45, 2.75) is 12.5 Å². The first kappa shape index (κ1) is 17.4. The van der Waals surface area contributed by atoms with Crippen LogP contribution in [-0.4, -0.2) is 74.8 Å². The summed E-state index contributed by atoms with van der Waals surface area (Å²) in [4.78, 5) is 0. The van der Waals surface area contributed by atoms with Crippen molar-refractivity contribution in [1.82, 2.24) is 0 Å². The van der Waals surface area contributed by atoms with Gasteiger partial charge in [0.05, 0.1) is 33.0 Å². The average Bonchev–Trinajstić information content (AvgIpc) is 2.14. The van der Waals surface area contributed by atoms with Gasteiger partial charge in [-0.3, -0.25) is 4.55 Å². The van der Waals surface area contributed by atoms with Gasteiger partial charge in [0.1, 0.15) is 19.3 Å². The molecule has 0 saturated carbocycles. The highest BCUT2D eigenvalue weighted by atomic mass is 32.2. The minimum atomic E-state index is -3.91. The maximum absolute atomic E-state index is 10.6. The molecule has 18 heavy (non-hydrogen) atoms. The monoisotopic (exact) mass is 280 g/mol. The standard InChI is InChI=1S/C11H21NO5S/c1-4-7-17-10-11(13)9-12(2,3)6-5-8-18(14,15)16/h1,11,13H,5-10H2,2-3H3/p+1/t11-/m0/s1. The van der Waals surface area contributed by atoms with Crippen LogP contribution in [0.25, 0.3) is 0 Å². The quantitative estimate of drug-likeness (QED) is 0.254. The van der Waals surface area contributed by atoms with Gasteiger partial charge in [0, 0.05) is 6.42 Å². The minimum absolute atomic E-state index is 0.157. The third kappa shape index (κ3) is 10.5. The maximum Gasteiger partial charge on any atom is 0.265 e. The van der Waals surface area contributed by atoms with Gasteiger partial charge in [0.25, 0.3) is 10.1 Å². The predicted molar refractivity (Wildman–Crippen MR) is 68.5 cm³/mol. The van der Waals surface area contributed by atoms with E-state index in [0.717, 1.165) is 0 Å². The topological polar surface area (TPSA) is 83.8 Å². The van der Waals surface area contributed by atoms with Crippen molar-refractivity contribution in [2.75, 3.05) is 46.2 Å². The molecule has 0 aliphatic rings. The molecule has 1 atom stereocenters. The summed E-state index contributed by atoms with van der Waals surface area (Å²) in [6.07, 6.45) is 4.69. The van der Waals surface area contributed by atoms with Crippen LogP contribution in [0, 0.1) is 12.3 Å². The number of terminal acetylenes is 1. The SMILES string of the molecule is C#CCOC[C@@H](O)C[N+](C)(C)CCCS(=O)(=O)O. The van der Waals surface area contributed by atoms with Gasteiger partial charge in [-0.25, -0.2) is 0 Å². The fourth-order valence-electron chi connectivity index (χ4n) is 1.64. The van der Waals surface area contributed by atoms with Crippen LogP contribution in [0.1, 0.15) is 6.42 Å². The minimum Gasteiger partial charge on any atom is -0.385 e. The molecule has 0 aromatic carbocycles. The van der Waals surface area contributed by atoms with E-state index in [1.165, 1.54) is 0 Å². The van der Waals surface area contributed by atoms with E-state index in [4.69, 9.17) is 15.7 Å². The maximum atomic E-state index is 10.6. The molecule has 0 aromatic rings. The zero-order valence-corrected chi connectivity index (χ0v) is 11.7. The molecule has 0 aromatic heterocycles. The van der Waals surface area contributed by atoms with E-state index >= 15 is 0 Å². The van der Waals surface area contributed by atoms with Gasteiger partial charge in [-0.1, -0.05) is 5.92 Å². The molecule has 0 heterocycles. The average molecular weight is 280 g/mol. The molecule has 0 unspecified atom stereocenters. The number of aliphatic hydroxyl groups is 1. The van der Waals surface area contributed by atoms with Crippen LogP contribution in [0.5, 0.6) is 0 Å². The van der Waals surface area contributed by atoms with Gasteiger partial charge in [-0.15, -0.1) is 6.42 Å². The Kier molecular flexibility index (Phi) is 7.43. The predicted octanol–water partition coefficient (Wildman–Crippen LogP) is -0.649. The van der Waals surface area contributed by atoms with Gasteiger partial charge < -0.3 is 14.3 Å². The summed E-state index contributed by atoms with van der Waals surface area (Å²) in [6, 6.07) is 0. The Morgan fingerprint density at radius 3 is 2.56 bits per heavy atom. The highest BCUT2D eigenvalue weighted by molar-refractivity contribution is 7.85. The summed E-state index contributed by atoms with van der Waals surface area (Å²) in [6.45, 7) is 1.28. The van der Waals surface area contributed by atoms with Crippen molar-refractivity contribution < 1.29 is 27.3 Å². The van der Waals surface area contributed by atoms with Crippen LogP contribution in [0.4, 0.5) is 0 Å². The van der Waals surface area contributed by atoms with E-state index in [9.17, 15) is 13.5 Å². The molecule has 0 fully saturated rings. The summed E-state index contributed by atoms with van der Waals surface area (Å²) in [5, 5.41) is 9.69. The molecular weight excluding hydrogens is 258 g/mol. The van der Waals surface area contributed by atoms with Crippen LogP contribution in [0.3, 0.4) is 0 Å². The molecule has 0 aliphatic heterocycles. The third-order valence-electron chi connectivity index (χ3n) is 2.37. The molecular formula is C11H22NO5S+. The number of likely N-dealkylation sites (N-methyl/N-ethyl adjacent to an activating group) is 1. The third-order valence-corrected chi connectivity index (χ3v) is 3.17. The number of rotatable bonds is 9. The summed E-state index contributed by atoms with van der Waals surface area (Å²) in [7, 11) is -0.173. The second-order valence-corrected chi connectivity index (χ2v) is 6.43. The number of hydrogen-bond donors (Lipinski definition) is 2. The Labute approximate surface area is 109 Å². The van der Waals surface area contributed by atoms with Gasteiger partial charge in [-0.05, 0) is 0 Å². The molecule has 0 amide bonds. The van der Waals surface area contributed by atoms with Crippen molar-refractivity contribution in [2.24, 2.45) is 0 Å². The van der Waals surface area contributed by atoms with Crippen molar-refractivity contribution in [3.8, 4) is 12.3 Å². The molecule has 7 heteroatoms. The Morgan fingerprint density at radius 1 is 1.44 bits per heavy atom. The van der Waals surface area contributed by atoms with E-state index in [1.807, 2.05) is 14.1 Å². The first-order valence-corrected chi connectivity index (χ1v) is 7.23. The smallest absolute Gasteiger partial charge is 0.265 e. The largest absolute Gasteiger partial charge is 0.385 e. The Bertz CT molecular complexity index is 371. The van der Waals surface area contributed by atoms with Gasteiger partial charge >= 0.3 is 0 Å². The number of quaternary nitrogens is 1. The molecule has 0 saturated heterocycles. The van der Waals surface area contributed by atoms with Crippen molar-refractivity contribution in [3.05, 3.63) is 0 Å². The van der Waals surface area contributed by atoms with E-state index in [2.05, 4.69) is 5.92 Å². The summed E-state index contributed by atoms with van der Waals surface area (Å²) < 4.78 is 35.2. The van der Waals surface area contributed by atoms with Crippen molar-refractivity contribution in [3.63, 3.8) is 0 Å². The van der Waals surface area contributed by atoms with Crippen LogP contribution >= 0.6 is 0 Å². The molecule has 0 aliphatic carbocycles. The zero-order chi connectivity index (χ0) is 14.2. The highest BCUT2D eigenvalue weighted by Crippen LogP contribution is 2.03. The van der Waals surface area contributed by atoms with E-state index in [0.29, 0.717) is 24.0 Å². The lowest BCUT2D eigenvalue weighted by Crippen LogP contribution is -2.47. The molecule has 0 radical (unpaired) electrons. The number of aliphatic hydroxyl groups excluding tert-OH is 1. The molecule has 106 valence electrons. The summed E-state index contributed by atoms with van der Waals surface area (Å²) in [5.74, 6) is 2.04. The normalized spacial score (nSPS) is 14.2. The van der Waals surface area contributed by atoms with Gasteiger partial charge in [0.15, 0.2) is 0 Å². The lowest BCUT2D eigenvalue weighted by atomic mass is 10.3. The molecule has 0 bridgehead atoms. The summed E-state index contributed by atoms with van der Waals surface area (Å²) >= 11 is 0. The number of ether oxygens (including phenoxy) is 1. The second kappa shape index (κ2) is 7.71. The Balaban J connectivity index is 3.95. The van der Waals surface area contributed by atoms with Crippen LogP contribution in [0.2, 0.25) is 0 Å². The van der Waals surface area contributed by atoms with Gasteiger partial charge in [0.2, 0.25) is 0 Å². The van der Waals surface area contributed by atoms with Crippen LogP contribution in [0.15, 0.2) is 0 Å². The van der Waals surface area contributed by atoms with Crippen molar-refractivity contribution >= 4 is 10.1 Å². The van der Waals surface area contributed by atoms with Crippen LogP contribution < -0.4 is 0 Å². The second-order valence-electron chi connectivity index (χ2n) is 4.85. The van der Waals surface area contributed by atoms with E-state index < -0.39 is 16.2 Å². The number of hydrogen-bond acceptors (Lipinski definition) is 4. The molecule has 2 N–H and O–H groups in total. The molecule has 0 spiro atoms. The Hall–Kier alpha value is -0.650. The van der Waals surface area contributed by atoms with E-state index in [1.54, 1.807) is 0 Å². The lowest BCUT2D eigenvalue weighted by Gasteiger charge is -2.31. The van der Waals surface area contributed by atoms with Crippen molar-refractivity contribution in [1.29, 1.82) is 0 Å².